The SMILES string of the molecule is NC(=O)CCOc1ccccc1NCc1ccc(O)cn1. The molecule has 2 rings (SSSR count). The van der Waals surface area contributed by atoms with Crippen molar-refractivity contribution in [2.45, 2.75) is 13.0 Å². The van der Waals surface area contributed by atoms with E-state index in [1.54, 1.807) is 12.1 Å². The van der Waals surface area contributed by atoms with Gasteiger partial charge >= 0.3 is 0 Å². The van der Waals surface area contributed by atoms with Gasteiger partial charge in [-0.05, 0) is 24.3 Å². The second-order valence-electron chi connectivity index (χ2n) is 4.42. The van der Waals surface area contributed by atoms with Crippen LogP contribution in [0.1, 0.15) is 12.1 Å². The number of primary amides is 1. The smallest absolute Gasteiger partial charge is 0.220 e. The van der Waals surface area contributed by atoms with E-state index in [1.165, 1.54) is 6.20 Å². The molecule has 0 aliphatic heterocycles. The summed E-state index contributed by atoms with van der Waals surface area (Å²) in [4.78, 5) is 14.8. The summed E-state index contributed by atoms with van der Waals surface area (Å²) in [6, 6.07) is 10.7. The van der Waals surface area contributed by atoms with Gasteiger partial charge in [0.1, 0.15) is 11.5 Å². The fourth-order valence-electron chi connectivity index (χ4n) is 1.71. The van der Waals surface area contributed by atoms with E-state index in [2.05, 4.69) is 10.3 Å². The van der Waals surface area contributed by atoms with E-state index in [-0.39, 0.29) is 18.8 Å². The molecule has 0 radical (unpaired) electrons. The standard InChI is InChI=1S/C15H17N3O3/c16-15(20)7-8-21-14-4-2-1-3-13(14)18-9-11-5-6-12(19)10-17-11/h1-6,10,18-19H,7-9H2,(H2,16,20). The van der Waals surface area contributed by atoms with Crippen molar-refractivity contribution in [1.29, 1.82) is 0 Å². The van der Waals surface area contributed by atoms with Crippen LogP contribution in [0.15, 0.2) is 42.6 Å². The lowest BCUT2D eigenvalue weighted by atomic mass is 10.2. The number of carbonyl (C=O) groups excluding carboxylic acids is 1. The fourth-order valence-corrected chi connectivity index (χ4v) is 1.71. The van der Waals surface area contributed by atoms with Crippen molar-refractivity contribution in [3.63, 3.8) is 0 Å². The van der Waals surface area contributed by atoms with Crippen LogP contribution in [-0.2, 0) is 11.3 Å². The number of ether oxygens (including phenoxy) is 1. The molecule has 2 aromatic rings. The number of anilines is 1. The molecule has 0 bridgehead atoms. The normalized spacial score (nSPS) is 10.1. The molecule has 21 heavy (non-hydrogen) atoms. The van der Waals surface area contributed by atoms with E-state index < -0.39 is 5.91 Å². The molecule has 1 aromatic carbocycles. The van der Waals surface area contributed by atoms with Gasteiger partial charge in [0.2, 0.25) is 5.91 Å². The number of nitrogens with two attached hydrogens (primary N) is 1. The molecule has 0 unspecified atom stereocenters. The molecule has 1 aromatic heterocycles. The Kier molecular flexibility index (Phi) is 4.98. The minimum atomic E-state index is -0.395. The van der Waals surface area contributed by atoms with Gasteiger partial charge in [0, 0.05) is 0 Å². The molecule has 0 spiro atoms. The predicted octanol–water partition coefficient (Wildman–Crippen LogP) is 1.65. The Bertz CT molecular complexity index is 599. The largest absolute Gasteiger partial charge is 0.506 e. The van der Waals surface area contributed by atoms with Gasteiger partial charge in [-0.1, -0.05) is 12.1 Å². The van der Waals surface area contributed by atoms with Crippen molar-refractivity contribution in [3.8, 4) is 11.5 Å². The Morgan fingerprint density at radius 2 is 2.10 bits per heavy atom. The molecule has 0 saturated heterocycles. The van der Waals surface area contributed by atoms with E-state index in [1.807, 2.05) is 24.3 Å². The maximum Gasteiger partial charge on any atom is 0.220 e. The zero-order valence-electron chi connectivity index (χ0n) is 11.5. The number of carbonyl (C=O) groups is 1. The highest BCUT2D eigenvalue weighted by Crippen LogP contribution is 2.24. The third-order valence-corrected chi connectivity index (χ3v) is 2.76. The Balaban J connectivity index is 1.96. The third kappa shape index (κ3) is 4.68. The number of benzene rings is 1. The number of hydrogen-bond donors (Lipinski definition) is 3. The minimum Gasteiger partial charge on any atom is -0.506 e. The fraction of sp³-hybridized carbons (Fsp3) is 0.200. The summed E-state index contributed by atoms with van der Waals surface area (Å²) < 4.78 is 5.53. The second-order valence-corrected chi connectivity index (χ2v) is 4.42. The van der Waals surface area contributed by atoms with Crippen LogP contribution in [0, 0.1) is 0 Å². The highest BCUT2D eigenvalue weighted by molar-refractivity contribution is 5.73. The van der Waals surface area contributed by atoms with Crippen LogP contribution in [0.25, 0.3) is 0 Å². The predicted molar refractivity (Wildman–Crippen MR) is 79.0 cm³/mol. The van der Waals surface area contributed by atoms with Gasteiger partial charge in [0.25, 0.3) is 0 Å². The van der Waals surface area contributed by atoms with E-state index in [0.29, 0.717) is 12.3 Å². The Labute approximate surface area is 122 Å². The van der Waals surface area contributed by atoms with Crippen molar-refractivity contribution in [2.75, 3.05) is 11.9 Å². The van der Waals surface area contributed by atoms with Crippen molar-refractivity contribution in [2.24, 2.45) is 5.73 Å². The summed E-state index contributed by atoms with van der Waals surface area (Å²) in [5.41, 5.74) is 6.67. The average molecular weight is 287 g/mol. The maximum atomic E-state index is 10.7. The second kappa shape index (κ2) is 7.14. The van der Waals surface area contributed by atoms with Crippen LogP contribution in [0.4, 0.5) is 5.69 Å². The number of rotatable bonds is 7. The summed E-state index contributed by atoms with van der Waals surface area (Å²) >= 11 is 0. The monoisotopic (exact) mass is 287 g/mol. The van der Waals surface area contributed by atoms with Gasteiger partial charge in [0.15, 0.2) is 0 Å². The molecule has 1 heterocycles. The molecule has 4 N–H and O–H groups in total. The quantitative estimate of drug-likeness (QED) is 0.719. The Hall–Kier alpha value is -2.76. The Morgan fingerprint density at radius 1 is 1.29 bits per heavy atom. The first-order valence-corrected chi connectivity index (χ1v) is 6.53. The molecule has 0 atom stereocenters. The molecular formula is C15H17N3O3. The number of hydrogen-bond acceptors (Lipinski definition) is 5. The molecule has 0 aliphatic carbocycles. The number of nitrogens with zero attached hydrogens (tertiary/aromatic N) is 1. The van der Waals surface area contributed by atoms with Crippen molar-refractivity contribution >= 4 is 11.6 Å². The van der Waals surface area contributed by atoms with Gasteiger partial charge in [-0.3, -0.25) is 9.78 Å². The van der Waals surface area contributed by atoms with E-state index in [9.17, 15) is 9.90 Å². The maximum absolute atomic E-state index is 10.7. The minimum absolute atomic E-state index is 0.133. The van der Waals surface area contributed by atoms with Crippen molar-refractivity contribution in [3.05, 3.63) is 48.3 Å². The van der Waals surface area contributed by atoms with Gasteiger partial charge in [0.05, 0.1) is 37.2 Å². The lowest BCUT2D eigenvalue weighted by Crippen LogP contribution is -2.15. The average Bonchev–Trinajstić information content (AvgIpc) is 2.47. The number of nitrogens with one attached hydrogen (secondary N) is 1. The van der Waals surface area contributed by atoms with Gasteiger partial charge in [-0.25, -0.2) is 0 Å². The third-order valence-electron chi connectivity index (χ3n) is 2.76. The van der Waals surface area contributed by atoms with Crippen molar-refractivity contribution < 1.29 is 14.6 Å². The summed E-state index contributed by atoms with van der Waals surface area (Å²) in [7, 11) is 0. The molecule has 0 aliphatic rings. The Morgan fingerprint density at radius 3 is 2.81 bits per heavy atom. The van der Waals surface area contributed by atoms with Gasteiger partial charge in [-0.2, -0.15) is 0 Å². The van der Waals surface area contributed by atoms with E-state index in [0.717, 1.165) is 11.4 Å². The number of pyridine rings is 1. The van der Waals surface area contributed by atoms with Crippen LogP contribution < -0.4 is 15.8 Å². The molecule has 0 saturated carbocycles. The number of para-hydroxylation sites is 2. The molecule has 1 amide bonds. The highest BCUT2D eigenvalue weighted by atomic mass is 16.5. The summed E-state index contributed by atoms with van der Waals surface area (Å²) in [5, 5.41) is 12.4. The van der Waals surface area contributed by atoms with E-state index >= 15 is 0 Å². The number of amides is 1. The van der Waals surface area contributed by atoms with Crippen LogP contribution >= 0.6 is 0 Å². The molecule has 0 fully saturated rings. The number of aromatic hydroxyl groups is 1. The van der Waals surface area contributed by atoms with Crippen LogP contribution in [-0.4, -0.2) is 22.6 Å². The topological polar surface area (TPSA) is 97.5 Å². The van der Waals surface area contributed by atoms with Crippen LogP contribution in [0.5, 0.6) is 11.5 Å². The molecular weight excluding hydrogens is 270 g/mol. The zero-order valence-corrected chi connectivity index (χ0v) is 11.5. The first-order chi connectivity index (χ1) is 10.1. The van der Waals surface area contributed by atoms with Crippen LogP contribution in [0.2, 0.25) is 0 Å². The zero-order chi connectivity index (χ0) is 15.1. The van der Waals surface area contributed by atoms with Crippen LogP contribution in [0.3, 0.4) is 0 Å². The molecule has 110 valence electrons. The highest BCUT2D eigenvalue weighted by Gasteiger charge is 2.04. The first-order valence-electron chi connectivity index (χ1n) is 6.53. The number of aromatic nitrogens is 1. The summed E-state index contributed by atoms with van der Waals surface area (Å²) in [6.07, 6.45) is 1.57. The summed E-state index contributed by atoms with van der Waals surface area (Å²) in [6.45, 7) is 0.738. The van der Waals surface area contributed by atoms with Crippen molar-refractivity contribution in [1.82, 2.24) is 4.98 Å². The lowest BCUT2D eigenvalue weighted by Gasteiger charge is -2.12. The summed E-state index contributed by atoms with van der Waals surface area (Å²) in [5.74, 6) is 0.389. The van der Waals surface area contributed by atoms with Gasteiger partial charge < -0.3 is 20.9 Å². The molecule has 6 heteroatoms. The lowest BCUT2D eigenvalue weighted by molar-refractivity contribution is -0.118. The first kappa shape index (κ1) is 14.6. The molecule has 6 nitrogen and oxygen atoms in total. The van der Waals surface area contributed by atoms with Gasteiger partial charge in [-0.15, -0.1) is 0 Å². The van der Waals surface area contributed by atoms with E-state index in [4.69, 9.17) is 10.5 Å².